The fourth-order valence-corrected chi connectivity index (χ4v) is 6.02. The number of methoxy groups -OCH3 is 3. The summed E-state index contributed by atoms with van der Waals surface area (Å²) in [6.45, 7) is 4.82. The number of aryl methyl sites for hydroxylation is 3. The predicted molar refractivity (Wildman–Crippen MR) is 166 cm³/mol. The summed E-state index contributed by atoms with van der Waals surface area (Å²) in [5.41, 5.74) is 5.48. The molecule has 1 aliphatic rings. The highest BCUT2D eigenvalue weighted by molar-refractivity contribution is 7.99. The lowest BCUT2D eigenvalue weighted by atomic mass is 10.0. The van der Waals surface area contributed by atoms with Crippen LogP contribution in [0.15, 0.2) is 59.8 Å². The first-order valence-electron chi connectivity index (χ1n) is 14.0. The molecule has 4 aromatic rings. The number of aromatic nitrogens is 3. The average molecular weight is 602 g/mol. The molecule has 0 aliphatic carbocycles. The maximum atomic E-state index is 13.4. The summed E-state index contributed by atoms with van der Waals surface area (Å²) >= 11 is 1.34. The van der Waals surface area contributed by atoms with Gasteiger partial charge >= 0.3 is 0 Å². The highest BCUT2D eigenvalue weighted by Crippen LogP contribution is 2.38. The molecule has 2 heterocycles. The van der Waals surface area contributed by atoms with E-state index in [0.717, 1.165) is 35.3 Å². The number of nitrogens with zero attached hydrogens (tertiary/aromatic N) is 4. The van der Waals surface area contributed by atoms with Crippen LogP contribution >= 0.6 is 11.8 Å². The van der Waals surface area contributed by atoms with E-state index in [9.17, 15) is 9.59 Å². The second-order valence-corrected chi connectivity index (χ2v) is 11.1. The molecule has 0 radical (unpaired) electrons. The van der Waals surface area contributed by atoms with E-state index >= 15 is 0 Å². The fraction of sp³-hybridized carbons (Fsp3) is 0.312. The zero-order valence-electron chi connectivity index (χ0n) is 25.0. The predicted octanol–water partition coefficient (Wildman–Crippen LogP) is 4.91. The summed E-state index contributed by atoms with van der Waals surface area (Å²) in [5.74, 6) is 1.58. The number of anilines is 1. The van der Waals surface area contributed by atoms with Gasteiger partial charge in [-0.2, -0.15) is 0 Å². The Labute approximate surface area is 255 Å². The number of amides is 2. The Hall–Kier alpha value is -4.51. The van der Waals surface area contributed by atoms with E-state index in [4.69, 9.17) is 14.2 Å². The van der Waals surface area contributed by atoms with Crippen molar-refractivity contribution in [3.8, 4) is 22.9 Å². The SMILES string of the molecule is COc1cc(C(=O)NCc2nnc(SCC(=O)N3CCCc4ccccc43)n2-c2cc(C)ccc2C)cc(OC)c1OC. The number of hydrogen-bond donors (Lipinski definition) is 1. The lowest BCUT2D eigenvalue weighted by Gasteiger charge is -2.29. The smallest absolute Gasteiger partial charge is 0.251 e. The summed E-state index contributed by atoms with van der Waals surface area (Å²) in [7, 11) is 4.51. The zero-order valence-corrected chi connectivity index (χ0v) is 25.8. The van der Waals surface area contributed by atoms with Gasteiger partial charge in [0.05, 0.1) is 39.3 Å². The van der Waals surface area contributed by atoms with Gasteiger partial charge in [-0.1, -0.05) is 42.1 Å². The molecule has 1 aromatic heterocycles. The van der Waals surface area contributed by atoms with Crippen LogP contribution in [0.25, 0.3) is 5.69 Å². The van der Waals surface area contributed by atoms with Gasteiger partial charge in [-0.3, -0.25) is 14.2 Å². The lowest BCUT2D eigenvalue weighted by molar-refractivity contribution is -0.116. The van der Waals surface area contributed by atoms with Crippen LogP contribution in [-0.2, 0) is 17.8 Å². The molecule has 0 spiro atoms. The van der Waals surface area contributed by atoms with E-state index in [1.807, 2.05) is 53.6 Å². The molecule has 1 N–H and O–H groups in total. The second kappa shape index (κ2) is 13.2. The molecule has 0 saturated heterocycles. The van der Waals surface area contributed by atoms with Gasteiger partial charge in [0.15, 0.2) is 22.5 Å². The van der Waals surface area contributed by atoms with Crippen LogP contribution in [0, 0.1) is 13.8 Å². The van der Waals surface area contributed by atoms with Crippen LogP contribution in [0.1, 0.15) is 39.3 Å². The van der Waals surface area contributed by atoms with Crippen molar-refractivity contribution in [1.82, 2.24) is 20.1 Å². The number of hydrogen-bond acceptors (Lipinski definition) is 8. The van der Waals surface area contributed by atoms with Crippen LogP contribution in [0.4, 0.5) is 5.69 Å². The maximum Gasteiger partial charge on any atom is 0.251 e. The molecule has 0 atom stereocenters. The molecule has 2 amide bonds. The standard InChI is InChI=1S/C32H35N5O5S/c1-20-12-13-21(2)25(15-20)37-28(18-33-31(39)23-16-26(40-3)30(42-5)27(17-23)41-4)34-35-32(37)43-19-29(38)36-14-8-10-22-9-6-7-11-24(22)36/h6-7,9,11-13,15-17H,8,10,14,18-19H2,1-5H3,(H,33,39). The number of carbonyl (C=O) groups is 2. The summed E-state index contributed by atoms with van der Waals surface area (Å²) in [5, 5.41) is 12.4. The Bertz CT molecular complexity index is 1630. The van der Waals surface area contributed by atoms with Crippen molar-refractivity contribution in [1.29, 1.82) is 0 Å². The van der Waals surface area contributed by atoms with Crippen LogP contribution < -0.4 is 24.4 Å². The van der Waals surface area contributed by atoms with Crippen molar-refractivity contribution in [2.75, 3.05) is 38.5 Å². The highest BCUT2D eigenvalue weighted by Gasteiger charge is 2.24. The number of rotatable bonds is 10. The molecule has 0 saturated carbocycles. The van der Waals surface area contributed by atoms with Gasteiger partial charge in [0.25, 0.3) is 5.91 Å². The minimum atomic E-state index is -0.345. The molecule has 3 aromatic carbocycles. The second-order valence-electron chi connectivity index (χ2n) is 10.2. The Morgan fingerprint density at radius 2 is 1.67 bits per heavy atom. The van der Waals surface area contributed by atoms with Crippen molar-refractivity contribution in [2.24, 2.45) is 0 Å². The first-order chi connectivity index (χ1) is 20.8. The Balaban J connectivity index is 1.39. The number of nitrogens with one attached hydrogen (secondary N) is 1. The van der Waals surface area contributed by atoms with Gasteiger partial charge in [0.1, 0.15) is 0 Å². The summed E-state index contributed by atoms with van der Waals surface area (Å²) < 4.78 is 18.1. The summed E-state index contributed by atoms with van der Waals surface area (Å²) in [4.78, 5) is 28.5. The molecular formula is C32H35N5O5S. The fourth-order valence-electron chi connectivity index (χ4n) is 5.18. The van der Waals surface area contributed by atoms with Crippen LogP contribution in [0.3, 0.4) is 0 Å². The molecule has 224 valence electrons. The van der Waals surface area contributed by atoms with Gasteiger partial charge in [-0.05, 0) is 67.6 Å². The molecule has 0 fully saturated rings. The van der Waals surface area contributed by atoms with Gasteiger partial charge in [0, 0.05) is 17.8 Å². The molecule has 43 heavy (non-hydrogen) atoms. The van der Waals surface area contributed by atoms with Crippen molar-refractivity contribution < 1.29 is 23.8 Å². The third kappa shape index (κ3) is 6.31. The van der Waals surface area contributed by atoms with Gasteiger partial charge in [0.2, 0.25) is 11.7 Å². The van der Waals surface area contributed by atoms with Gasteiger partial charge in [-0.15, -0.1) is 10.2 Å². The number of benzene rings is 3. The van der Waals surface area contributed by atoms with Crippen molar-refractivity contribution in [2.45, 2.75) is 38.4 Å². The topological polar surface area (TPSA) is 108 Å². The van der Waals surface area contributed by atoms with Gasteiger partial charge < -0.3 is 24.4 Å². The quantitative estimate of drug-likeness (QED) is 0.256. The summed E-state index contributed by atoms with van der Waals surface area (Å²) in [6.07, 6.45) is 1.90. The Morgan fingerprint density at radius 3 is 2.40 bits per heavy atom. The molecule has 11 heteroatoms. The molecular weight excluding hydrogens is 566 g/mol. The third-order valence-electron chi connectivity index (χ3n) is 7.38. The largest absolute Gasteiger partial charge is 0.493 e. The maximum absolute atomic E-state index is 13.4. The number of ether oxygens (including phenoxy) is 3. The normalized spacial score (nSPS) is 12.4. The molecule has 1 aliphatic heterocycles. The first-order valence-corrected chi connectivity index (χ1v) is 14.9. The number of thioether (sulfide) groups is 1. The van der Waals surface area contributed by atoms with Gasteiger partial charge in [-0.25, -0.2) is 0 Å². The molecule has 0 unspecified atom stereocenters. The van der Waals surface area contributed by atoms with E-state index in [-0.39, 0.29) is 24.1 Å². The minimum absolute atomic E-state index is 0.0184. The monoisotopic (exact) mass is 601 g/mol. The van der Waals surface area contributed by atoms with Crippen molar-refractivity contribution >= 4 is 29.3 Å². The van der Waals surface area contributed by atoms with Crippen LogP contribution in [-0.4, -0.2) is 60.2 Å². The Kier molecular flexibility index (Phi) is 9.20. The Morgan fingerprint density at radius 1 is 0.930 bits per heavy atom. The zero-order chi connectivity index (χ0) is 30.5. The van der Waals surface area contributed by atoms with E-state index in [0.29, 0.717) is 40.3 Å². The highest BCUT2D eigenvalue weighted by atomic mass is 32.2. The van der Waals surface area contributed by atoms with Crippen LogP contribution in [0.2, 0.25) is 0 Å². The van der Waals surface area contributed by atoms with E-state index in [2.05, 4.69) is 27.6 Å². The van der Waals surface area contributed by atoms with E-state index in [1.165, 1.54) is 38.7 Å². The average Bonchev–Trinajstić information content (AvgIpc) is 3.44. The molecule has 0 bridgehead atoms. The summed E-state index contributed by atoms with van der Waals surface area (Å²) in [6, 6.07) is 17.4. The number of fused-ring (bicyclic) bond motifs is 1. The lowest BCUT2D eigenvalue weighted by Crippen LogP contribution is -2.36. The molecule has 5 rings (SSSR count). The number of carbonyl (C=O) groups excluding carboxylic acids is 2. The van der Waals surface area contributed by atoms with Crippen LogP contribution in [0.5, 0.6) is 17.2 Å². The van der Waals surface area contributed by atoms with E-state index < -0.39 is 0 Å². The minimum Gasteiger partial charge on any atom is -0.493 e. The van der Waals surface area contributed by atoms with E-state index in [1.54, 1.807) is 12.1 Å². The number of para-hydroxylation sites is 1. The van der Waals surface area contributed by atoms with Crippen molar-refractivity contribution in [3.63, 3.8) is 0 Å². The van der Waals surface area contributed by atoms with Crippen molar-refractivity contribution in [3.05, 3.63) is 82.7 Å². The molecule has 10 nitrogen and oxygen atoms in total. The third-order valence-corrected chi connectivity index (χ3v) is 8.29. The first kappa shape index (κ1) is 30.0.